The third-order valence-electron chi connectivity index (χ3n) is 5.55. The number of hydrogen-bond acceptors (Lipinski definition) is 5. The summed E-state index contributed by atoms with van der Waals surface area (Å²) in [5.41, 5.74) is 1.50. The van der Waals surface area contributed by atoms with E-state index in [0.717, 1.165) is 18.4 Å². The minimum Gasteiger partial charge on any atom is -0.480 e. The largest absolute Gasteiger partial charge is 0.480 e. The molecule has 1 amide bonds. The van der Waals surface area contributed by atoms with Crippen molar-refractivity contribution in [1.29, 1.82) is 0 Å². The van der Waals surface area contributed by atoms with Gasteiger partial charge in [-0.25, -0.2) is 9.59 Å². The molecule has 1 unspecified atom stereocenters. The molecule has 0 aliphatic carbocycles. The first-order chi connectivity index (χ1) is 14.4. The summed E-state index contributed by atoms with van der Waals surface area (Å²) in [5.74, 6) is -4.16. The third-order valence-corrected chi connectivity index (χ3v) is 5.55. The maximum Gasteiger partial charge on any atom is 0.364 e. The van der Waals surface area contributed by atoms with Crippen LogP contribution in [0.1, 0.15) is 69.3 Å². The molecule has 1 aliphatic rings. The number of carbonyl (C=O) groups excluding carboxylic acids is 1. The summed E-state index contributed by atoms with van der Waals surface area (Å²) in [6.07, 6.45) is 2.36. The van der Waals surface area contributed by atoms with Gasteiger partial charge < -0.3 is 25.0 Å². The fourth-order valence-electron chi connectivity index (χ4n) is 3.34. The Hall–Kier alpha value is -2.45. The number of carbonyl (C=O) groups is 3. The number of carboxylic acids is 2. The smallest absolute Gasteiger partial charge is 0.364 e. The molecule has 1 aromatic carbocycles. The topological polar surface area (TPSA) is 122 Å². The lowest BCUT2D eigenvalue weighted by molar-refractivity contribution is -0.271. The first-order valence-electron chi connectivity index (χ1n) is 10.6. The van der Waals surface area contributed by atoms with Crippen LogP contribution >= 0.6 is 0 Å². The molecule has 1 saturated heterocycles. The van der Waals surface area contributed by atoms with Gasteiger partial charge in [0.2, 0.25) is 0 Å². The van der Waals surface area contributed by atoms with Crippen molar-refractivity contribution < 1.29 is 34.1 Å². The highest BCUT2D eigenvalue weighted by atomic mass is 16.7. The van der Waals surface area contributed by atoms with E-state index in [1.165, 1.54) is 6.92 Å². The highest BCUT2D eigenvalue weighted by Gasteiger charge is 2.40. The van der Waals surface area contributed by atoms with Crippen molar-refractivity contribution >= 4 is 17.8 Å². The zero-order chi connectivity index (χ0) is 23.2. The van der Waals surface area contributed by atoms with E-state index >= 15 is 0 Å². The Labute approximate surface area is 182 Å². The Morgan fingerprint density at radius 3 is 2.16 bits per heavy atom. The van der Waals surface area contributed by atoms with Gasteiger partial charge in [-0.1, -0.05) is 45.7 Å². The zero-order valence-corrected chi connectivity index (χ0v) is 18.6. The van der Waals surface area contributed by atoms with Gasteiger partial charge in [0.05, 0.1) is 13.2 Å². The van der Waals surface area contributed by atoms with Crippen LogP contribution in [0, 0.1) is 5.92 Å². The second-order valence-electron chi connectivity index (χ2n) is 9.21. The Morgan fingerprint density at radius 1 is 1.10 bits per heavy atom. The van der Waals surface area contributed by atoms with Crippen LogP contribution in [0.5, 0.6) is 0 Å². The van der Waals surface area contributed by atoms with E-state index in [1.807, 2.05) is 12.1 Å². The van der Waals surface area contributed by atoms with Gasteiger partial charge in [0.15, 0.2) is 0 Å². The molecule has 0 bridgehead atoms. The summed E-state index contributed by atoms with van der Waals surface area (Å²) in [7, 11) is 0. The maximum atomic E-state index is 12.5. The van der Waals surface area contributed by atoms with Crippen LogP contribution in [0.15, 0.2) is 24.3 Å². The lowest BCUT2D eigenvalue weighted by atomic mass is 9.86. The standard InChI is InChI=1S/C23H33NO7/c1-22(2,3)17-11-9-16(10-12-17)19(25)24-18(20(26)27)8-6-5-7-15-13-30-23(4,21(28)29)31-14-15/h9-12,15,18H,5-8,13-14H2,1-4H3,(H,24,25)(H,26,27)(H,28,29)/t15-,18?,23+. The summed E-state index contributed by atoms with van der Waals surface area (Å²) in [5, 5.41) is 21.1. The maximum absolute atomic E-state index is 12.5. The summed E-state index contributed by atoms with van der Waals surface area (Å²) < 4.78 is 10.6. The molecule has 1 fully saturated rings. The number of aliphatic carboxylic acids is 2. The van der Waals surface area contributed by atoms with Crippen LogP contribution in [-0.4, -0.2) is 53.1 Å². The summed E-state index contributed by atoms with van der Waals surface area (Å²) in [6.45, 7) is 8.19. The summed E-state index contributed by atoms with van der Waals surface area (Å²) in [4.78, 5) is 35.1. The normalized spacial score (nSPS) is 22.5. The van der Waals surface area contributed by atoms with E-state index in [2.05, 4.69) is 26.1 Å². The Bertz CT molecular complexity index is 774. The molecule has 1 atom stereocenters. The van der Waals surface area contributed by atoms with Gasteiger partial charge in [-0.05, 0) is 36.0 Å². The van der Waals surface area contributed by atoms with Gasteiger partial charge in [0.1, 0.15) is 6.04 Å². The van der Waals surface area contributed by atoms with Gasteiger partial charge in [-0.2, -0.15) is 0 Å². The fraction of sp³-hybridized carbons (Fsp3) is 0.609. The molecule has 1 aromatic rings. The van der Waals surface area contributed by atoms with Crippen LogP contribution in [0.25, 0.3) is 0 Å². The number of carboxylic acid groups (broad SMARTS) is 2. The lowest BCUT2D eigenvalue weighted by Crippen LogP contribution is -2.47. The number of hydrogen-bond donors (Lipinski definition) is 3. The molecule has 0 aromatic heterocycles. The summed E-state index contributed by atoms with van der Waals surface area (Å²) >= 11 is 0. The van der Waals surface area contributed by atoms with Crippen molar-refractivity contribution in [1.82, 2.24) is 5.32 Å². The van der Waals surface area contributed by atoms with Gasteiger partial charge in [-0.3, -0.25) is 4.79 Å². The molecule has 0 spiro atoms. The Morgan fingerprint density at radius 2 is 1.68 bits per heavy atom. The number of rotatable bonds is 9. The van der Waals surface area contributed by atoms with E-state index in [4.69, 9.17) is 14.6 Å². The highest BCUT2D eigenvalue weighted by molar-refractivity contribution is 5.96. The second-order valence-corrected chi connectivity index (χ2v) is 9.21. The van der Waals surface area contributed by atoms with Crippen molar-refractivity contribution in [2.75, 3.05) is 13.2 Å². The minimum atomic E-state index is -1.60. The number of amides is 1. The molecule has 2 rings (SSSR count). The molecule has 172 valence electrons. The van der Waals surface area contributed by atoms with E-state index in [9.17, 15) is 19.5 Å². The van der Waals surface area contributed by atoms with Crippen LogP contribution in [0.4, 0.5) is 0 Å². The molecule has 0 radical (unpaired) electrons. The first-order valence-corrected chi connectivity index (χ1v) is 10.6. The minimum absolute atomic E-state index is 0.0285. The zero-order valence-electron chi connectivity index (χ0n) is 18.6. The van der Waals surface area contributed by atoms with Crippen molar-refractivity contribution in [3.63, 3.8) is 0 Å². The van der Waals surface area contributed by atoms with Crippen molar-refractivity contribution in [3.8, 4) is 0 Å². The van der Waals surface area contributed by atoms with Crippen LogP contribution in [0.3, 0.4) is 0 Å². The predicted molar refractivity (Wildman–Crippen MR) is 114 cm³/mol. The monoisotopic (exact) mass is 435 g/mol. The number of nitrogens with one attached hydrogen (secondary N) is 1. The van der Waals surface area contributed by atoms with Crippen molar-refractivity contribution in [3.05, 3.63) is 35.4 Å². The Kier molecular flexibility index (Phi) is 8.20. The lowest BCUT2D eigenvalue weighted by Gasteiger charge is -2.34. The van der Waals surface area contributed by atoms with E-state index < -0.39 is 29.7 Å². The number of ether oxygens (including phenoxy) is 2. The molecule has 31 heavy (non-hydrogen) atoms. The molecular weight excluding hydrogens is 402 g/mol. The SMILES string of the molecule is CC(C)(C)c1ccc(C(=O)NC(CCCC[C@H]2CO[C@@](C)(C(=O)O)OC2)C(=O)O)cc1. The molecule has 3 N–H and O–H groups in total. The second kappa shape index (κ2) is 10.2. The quantitative estimate of drug-likeness (QED) is 0.509. The highest BCUT2D eigenvalue weighted by Crippen LogP contribution is 2.25. The van der Waals surface area contributed by atoms with Gasteiger partial charge in [0.25, 0.3) is 11.7 Å². The average molecular weight is 436 g/mol. The number of benzene rings is 1. The van der Waals surface area contributed by atoms with Gasteiger partial charge in [0, 0.05) is 18.4 Å². The van der Waals surface area contributed by atoms with E-state index in [0.29, 0.717) is 18.4 Å². The van der Waals surface area contributed by atoms with E-state index in [1.54, 1.807) is 12.1 Å². The molecule has 1 heterocycles. The fourth-order valence-corrected chi connectivity index (χ4v) is 3.34. The molecule has 0 saturated carbocycles. The third kappa shape index (κ3) is 7.04. The van der Waals surface area contributed by atoms with Gasteiger partial charge in [-0.15, -0.1) is 0 Å². The van der Waals surface area contributed by atoms with Crippen molar-refractivity contribution in [2.45, 2.75) is 70.6 Å². The van der Waals surface area contributed by atoms with Crippen LogP contribution in [-0.2, 0) is 24.5 Å². The Balaban J connectivity index is 1.78. The summed E-state index contributed by atoms with van der Waals surface area (Å²) in [6, 6.07) is 6.22. The predicted octanol–water partition coefficient (Wildman–Crippen LogP) is 3.19. The van der Waals surface area contributed by atoms with Crippen molar-refractivity contribution in [2.24, 2.45) is 5.92 Å². The number of unbranched alkanes of at least 4 members (excludes halogenated alkanes) is 1. The molecule has 1 aliphatic heterocycles. The van der Waals surface area contributed by atoms with Gasteiger partial charge >= 0.3 is 11.9 Å². The average Bonchev–Trinajstić information content (AvgIpc) is 2.70. The molecular formula is C23H33NO7. The molecule has 8 heteroatoms. The molecule has 8 nitrogen and oxygen atoms in total. The van der Waals surface area contributed by atoms with Crippen LogP contribution < -0.4 is 5.32 Å². The van der Waals surface area contributed by atoms with E-state index in [-0.39, 0.29) is 24.5 Å². The van der Waals surface area contributed by atoms with Crippen LogP contribution in [0.2, 0.25) is 0 Å². The first kappa shape index (κ1) is 24.8.